The molecule has 0 spiro atoms. The molecule has 0 fully saturated rings. The van der Waals surface area contributed by atoms with Crippen LogP contribution in [0.25, 0.3) is 0 Å². The average molecular weight is 296 g/mol. The lowest BCUT2D eigenvalue weighted by Gasteiger charge is -2.05. The van der Waals surface area contributed by atoms with Crippen LogP contribution < -0.4 is 4.72 Å². The molecule has 0 aromatic carbocycles. The van der Waals surface area contributed by atoms with Crippen molar-refractivity contribution in [2.45, 2.75) is 25.2 Å². The van der Waals surface area contributed by atoms with E-state index in [0.717, 1.165) is 15.4 Å². The molecule has 0 saturated carbocycles. The minimum Gasteiger partial charge on any atom is -0.261 e. The molecular formula is C13H16N2O2S2. The molecule has 1 N–H and O–H groups in total. The maximum atomic E-state index is 12.1. The first-order chi connectivity index (χ1) is 8.99. The van der Waals surface area contributed by atoms with Gasteiger partial charge in [0.2, 0.25) is 10.0 Å². The van der Waals surface area contributed by atoms with Crippen molar-refractivity contribution in [2.24, 2.45) is 0 Å². The van der Waals surface area contributed by atoms with Crippen LogP contribution in [0.15, 0.2) is 35.4 Å². The number of hydrogen-bond donors (Lipinski definition) is 1. The molecule has 4 nitrogen and oxygen atoms in total. The molecular weight excluding hydrogens is 280 g/mol. The molecule has 102 valence electrons. The Hall–Kier alpha value is -1.24. The van der Waals surface area contributed by atoms with Gasteiger partial charge in [-0.3, -0.25) is 4.98 Å². The van der Waals surface area contributed by atoms with Crippen LogP contribution in [0.3, 0.4) is 0 Å². The van der Waals surface area contributed by atoms with Crippen molar-refractivity contribution in [1.29, 1.82) is 0 Å². The molecule has 6 heteroatoms. The Morgan fingerprint density at radius 1 is 1.32 bits per heavy atom. The van der Waals surface area contributed by atoms with E-state index in [1.54, 1.807) is 12.3 Å². The van der Waals surface area contributed by atoms with Crippen LogP contribution in [0.4, 0.5) is 0 Å². The molecule has 0 unspecified atom stereocenters. The van der Waals surface area contributed by atoms with Crippen molar-refractivity contribution in [2.75, 3.05) is 6.54 Å². The van der Waals surface area contributed by atoms with Crippen LogP contribution in [0.1, 0.15) is 15.4 Å². The van der Waals surface area contributed by atoms with E-state index >= 15 is 0 Å². The van der Waals surface area contributed by atoms with Gasteiger partial charge in [0.1, 0.15) is 0 Å². The molecule has 0 aliphatic heterocycles. The lowest BCUT2D eigenvalue weighted by atomic mass is 10.3. The summed E-state index contributed by atoms with van der Waals surface area (Å²) in [5.74, 6) is 0. The summed E-state index contributed by atoms with van der Waals surface area (Å²) in [6.45, 7) is 4.09. The van der Waals surface area contributed by atoms with Gasteiger partial charge < -0.3 is 0 Å². The predicted molar refractivity (Wildman–Crippen MR) is 76.9 cm³/mol. The van der Waals surface area contributed by atoms with Gasteiger partial charge in [0.05, 0.1) is 4.90 Å². The first-order valence-electron chi connectivity index (χ1n) is 5.95. The molecule has 2 aromatic rings. The average Bonchev–Trinajstić information content (AvgIpc) is 2.70. The van der Waals surface area contributed by atoms with Crippen LogP contribution in [0.2, 0.25) is 0 Å². The molecule has 0 aliphatic carbocycles. The summed E-state index contributed by atoms with van der Waals surface area (Å²) in [7, 11) is -3.41. The normalized spacial score (nSPS) is 11.7. The highest BCUT2D eigenvalue weighted by molar-refractivity contribution is 7.89. The Balaban J connectivity index is 2.01. The number of hydrogen-bond acceptors (Lipinski definition) is 4. The number of pyridine rings is 1. The van der Waals surface area contributed by atoms with Gasteiger partial charge in [-0.1, -0.05) is 6.07 Å². The third-order valence-electron chi connectivity index (χ3n) is 2.68. The van der Waals surface area contributed by atoms with Crippen molar-refractivity contribution in [3.05, 3.63) is 45.9 Å². The van der Waals surface area contributed by atoms with Crippen LogP contribution in [-0.2, 0) is 16.4 Å². The lowest BCUT2D eigenvalue weighted by Crippen LogP contribution is -2.26. The van der Waals surface area contributed by atoms with Crippen LogP contribution in [-0.4, -0.2) is 19.9 Å². The summed E-state index contributed by atoms with van der Waals surface area (Å²) in [5, 5.41) is 0. The van der Waals surface area contributed by atoms with E-state index in [2.05, 4.69) is 9.71 Å². The highest BCUT2D eigenvalue weighted by Crippen LogP contribution is 2.24. The van der Waals surface area contributed by atoms with Crippen molar-refractivity contribution in [1.82, 2.24) is 9.71 Å². The van der Waals surface area contributed by atoms with Gasteiger partial charge in [-0.05, 0) is 32.0 Å². The van der Waals surface area contributed by atoms with E-state index in [1.807, 2.05) is 32.0 Å². The highest BCUT2D eigenvalue weighted by Gasteiger charge is 2.18. The molecule has 0 bridgehead atoms. The second-order valence-corrected chi connectivity index (χ2v) is 7.44. The Labute approximate surface area is 117 Å². The topological polar surface area (TPSA) is 59.1 Å². The first kappa shape index (κ1) is 14.2. The van der Waals surface area contributed by atoms with E-state index in [4.69, 9.17) is 0 Å². The summed E-state index contributed by atoms with van der Waals surface area (Å²) < 4.78 is 26.9. The van der Waals surface area contributed by atoms with Gasteiger partial charge in [0, 0.05) is 34.6 Å². The zero-order valence-corrected chi connectivity index (χ0v) is 12.5. The van der Waals surface area contributed by atoms with Crippen molar-refractivity contribution >= 4 is 21.4 Å². The SMILES string of the molecule is Cc1cc(S(=O)(=O)NCCc2ccccn2)c(C)s1. The maximum absolute atomic E-state index is 12.1. The molecule has 2 aromatic heterocycles. The molecule has 0 aliphatic rings. The third-order valence-corrected chi connectivity index (χ3v) is 5.37. The Bertz CT molecular complexity index is 649. The van der Waals surface area contributed by atoms with Crippen LogP contribution in [0.5, 0.6) is 0 Å². The van der Waals surface area contributed by atoms with E-state index in [-0.39, 0.29) is 0 Å². The number of nitrogens with one attached hydrogen (secondary N) is 1. The fourth-order valence-corrected chi connectivity index (χ4v) is 4.40. The number of rotatable bonds is 5. The number of nitrogens with zero attached hydrogens (tertiary/aromatic N) is 1. The standard InChI is InChI=1S/C13H16N2O2S2/c1-10-9-13(11(2)18-10)19(16,17)15-8-6-12-5-3-4-7-14-12/h3-5,7,9,15H,6,8H2,1-2H3. The molecule has 0 atom stereocenters. The highest BCUT2D eigenvalue weighted by atomic mass is 32.2. The molecule has 0 saturated heterocycles. The fraction of sp³-hybridized carbons (Fsp3) is 0.308. The number of thiophene rings is 1. The van der Waals surface area contributed by atoms with Crippen molar-refractivity contribution in [3.8, 4) is 0 Å². The summed E-state index contributed by atoms with van der Waals surface area (Å²) in [6.07, 6.45) is 2.29. The van der Waals surface area contributed by atoms with E-state index < -0.39 is 10.0 Å². The second-order valence-electron chi connectivity index (χ2n) is 4.25. The van der Waals surface area contributed by atoms with E-state index in [9.17, 15) is 8.42 Å². The maximum Gasteiger partial charge on any atom is 0.241 e. The smallest absolute Gasteiger partial charge is 0.241 e. The second kappa shape index (κ2) is 5.81. The van der Waals surface area contributed by atoms with E-state index in [1.165, 1.54) is 11.3 Å². The lowest BCUT2D eigenvalue weighted by molar-refractivity contribution is 0.581. The molecule has 2 rings (SSSR count). The zero-order valence-electron chi connectivity index (χ0n) is 10.9. The summed E-state index contributed by atoms with van der Waals surface area (Å²) in [5.41, 5.74) is 0.878. The van der Waals surface area contributed by atoms with Crippen molar-refractivity contribution in [3.63, 3.8) is 0 Å². The fourth-order valence-electron chi connectivity index (χ4n) is 1.81. The number of aryl methyl sites for hydroxylation is 2. The Morgan fingerprint density at radius 2 is 2.11 bits per heavy atom. The van der Waals surface area contributed by atoms with Gasteiger partial charge in [0.25, 0.3) is 0 Å². The zero-order chi connectivity index (χ0) is 13.9. The Morgan fingerprint density at radius 3 is 2.68 bits per heavy atom. The van der Waals surface area contributed by atoms with Gasteiger partial charge in [-0.2, -0.15) is 0 Å². The van der Waals surface area contributed by atoms with Gasteiger partial charge >= 0.3 is 0 Å². The minimum atomic E-state index is -3.41. The minimum absolute atomic E-state index is 0.355. The van der Waals surface area contributed by atoms with Gasteiger partial charge in [0.15, 0.2) is 0 Å². The summed E-state index contributed by atoms with van der Waals surface area (Å²) >= 11 is 1.49. The largest absolute Gasteiger partial charge is 0.261 e. The first-order valence-corrected chi connectivity index (χ1v) is 8.25. The Kier molecular flexibility index (Phi) is 4.34. The molecule has 0 radical (unpaired) electrons. The van der Waals surface area contributed by atoms with Gasteiger partial charge in [-0.15, -0.1) is 11.3 Å². The number of aromatic nitrogens is 1. The molecule has 2 heterocycles. The third kappa shape index (κ3) is 3.62. The van der Waals surface area contributed by atoms with E-state index in [0.29, 0.717) is 17.9 Å². The predicted octanol–water partition coefficient (Wildman–Crippen LogP) is 2.28. The quantitative estimate of drug-likeness (QED) is 0.921. The summed E-state index contributed by atoms with van der Waals surface area (Å²) in [6, 6.07) is 7.33. The van der Waals surface area contributed by atoms with Gasteiger partial charge in [-0.25, -0.2) is 13.1 Å². The number of sulfonamides is 1. The van der Waals surface area contributed by atoms with Crippen molar-refractivity contribution < 1.29 is 8.42 Å². The monoisotopic (exact) mass is 296 g/mol. The van der Waals surface area contributed by atoms with Crippen LogP contribution >= 0.6 is 11.3 Å². The van der Waals surface area contributed by atoms with Crippen LogP contribution in [0, 0.1) is 13.8 Å². The molecule has 0 amide bonds. The molecule has 19 heavy (non-hydrogen) atoms. The summed E-state index contributed by atoms with van der Waals surface area (Å²) in [4.78, 5) is 6.37.